The number of carbonyl (C=O) groups excluding carboxylic acids is 1. The Bertz CT molecular complexity index is 438. The number of furan rings is 1. The summed E-state index contributed by atoms with van der Waals surface area (Å²) in [7, 11) is 0. The molecule has 0 radical (unpaired) electrons. The van der Waals surface area contributed by atoms with E-state index < -0.39 is 0 Å². The molecule has 0 amide bonds. The van der Waals surface area contributed by atoms with Crippen LogP contribution in [0.1, 0.15) is 15.9 Å². The number of carbonyl (C=O) groups is 1. The summed E-state index contributed by atoms with van der Waals surface area (Å²) in [6.07, 6.45) is 3.86. The van der Waals surface area contributed by atoms with E-state index in [2.05, 4.69) is 0 Å². The molecule has 0 N–H and O–H groups in total. The van der Waals surface area contributed by atoms with Crippen LogP contribution in [-0.4, -0.2) is 6.29 Å². The van der Waals surface area contributed by atoms with E-state index in [0.717, 1.165) is 17.4 Å². The Morgan fingerprint density at radius 3 is 2.50 bits per heavy atom. The van der Waals surface area contributed by atoms with Crippen molar-refractivity contribution in [2.24, 2.45) is 0 Å². The van der Waals surface area contributed by atoms with Gasteiger partial charge in [-0.2, -0.15) is 0 Å². The summed E-state index contributed by atoms with van der Waals surface area (Å²) in [6.45, 7) is 2.03. The molecule has 0 saturated heterocycles. The van der Waals surface area contributed by atoms with Crippen LogP contribution in [-0.2, 0) is 0 Å². The maximum absolute atomic E-state index is 10.7. The molecule has 0 aliphatic heterocycles. The van der Waals surface area contributed by atoms with Gasteiger partial charge in [0.15, 0.2) is 6.29 Å². The molecule has 2 nitrogen and oxygen atoms in total. The van der Waals surface area contributed by atoms with Crippen molar-refractivity contribution >= 4 is 6.29 Å². The fraction of sp³-hybridized carbons (Fsp3) is 0.0833. The normalized spacial score (nSPS) is 10.1. The number of aryl methyl sites for hydroxylation is 1. The van der Waals surface area contributed by atoms with Gasteiger partial charge in [0, 0.05) is 5.56 Å². The van der Waals surface area contributed by atoms with Gasteiger partial charge in [0.05, 0.1) is 11.8 Å². The quantitative estimate of drug-likeness (QED) is 0.674. The van der Waals surface area contributed by atoms with Crippen molar-refractivity contribution in [3.8, 4) is 11.1 Å². The van der Waals surface area contributed by atoms with Crippen LogP contribution in [0.2, 0.25) is 0 Å². The second-order valence-corrected chi connectivity index (χ2v) is 3.22. The molecule has 14 heavy (non-hydrogen) atoms. The molecular weight excluding hydrogens is 176 g/mol. The highest BCUT2D eigenvalue weighted by Gasteiger charge is 2.05. The second-order valence-electron chi connectivity index (χ2n) is 3.22. The first kappa shape index (κ1) is 8.75. The van der Waals surface area contributed by atoms with Crippen molar-refractivity contribution in [2.45, 2.75) is 6.92 Å². The lowest BCUT2D eigenvalue weighted by molar-refractivity contribution is 0.112. The molecule has 1 aromatic carbocycles. The first-order valence-electron chi connectivity index (χ1n) is 4.39. The van der Waals surface area contributed by atoms with Gasteiger partial charge in [0.25, 0.3) is 0 Å². The number of aldehydes is 1. The van der Waals surface area contributed by atoms with Crippen LogP contribution < -0.4 is 0 Å². The predicted molar refractivity (Wildman–Crippen MR) is 54.3 cm³/mol. The van der Waals surface area contributed by atoms with Crippen LogP contribution in [0.15, 0.2) is 41.2 Å². The highest BCUT2D eigenvalue weighted by Crippen LogP contribution is 2.23. The SMILES string of the molecule is Cc1ccc(-c2cocc2C=O)cc1. The molecule has 0 unspecified atom stereocenters. The Morgan fingerprint density at radius 1 is 1.14 bits per heavy atom. The van der Waals surface area contributed by atoms with Crippen LogP contribution in [0, 0.1) is 6.92 Å². The van der Waals surface area contributed by atoms with Gasteiger partial charge in [-0.05, 0) is 12.5 Å². The first-order chi connectivity index (χ1) is 6.81. The van der Waals surface area contributed by atoms with Crippen molar-refractivity contribution in [1.82, 2.24) is 0 Å². The van der Waals surface area contributed by atoms with Crippen LogP contribution in [0.4, 0.5) is 0 Å². The minimum absolute atomic E-state index is 0.592. The Labute approximate surface area is 82.2 Å². The molecule has 1 heterocycles. The van der Waals surface area contributed by atoms with Gasteiger partial charge in [0.1, 0.15) is 6.26 Å². The topological polar surface area (TPSA) is 30.2 Å². The largest absolute Gasteiger partial charge is 0.471 e. The molecule has 0 saturated carbocycles. The zero-order valence-corrected chi connectivity index (χ0v) is 7.86. The van der Waals surface area contributed by atoms with Crippen molar-refractivity contribution < 1.29 is 9.21 Å². The zero-order chi connectivity index (χ0) is 9.97. The molecule has 2 rings (SSSR count). The van der Waals surface area contributed by atoms with E-state index in [9.17, 15) is 4.79 Å². The fourth-order valence-electron chi connectivity index (χ4n) is 1.37. The Kier molecular flexibility index (Phi) is 2.19. The molecule has 0 aliphatic rings. The molecule has 2 aromatic rings. The Morgan fingerprint density at radius 2 is 1.86 bits per heavy atom. The molecular formula is C12H10O2. The highest BCUT2D eigenvalue weighted by molar-refractivity contribution is 5.86. The van der Waals surface area contributed by atoms with E-state index in [1.165, 1.54) is 11.8 Å². The van der Waals surface area contributed by atoms with Crippen molar-refractivity contribution in [3.05, 3.63) is 47.9 Å². The van der Waals surface area contributed by atoms with Crippen molar-refractivity contribution in [3.63, 3.8) is 0 Å². The summed E-state index contributed by atoms with van der Waals surface area (Å²) in [5.74, 6) is 0. The van der Waals surface area contributed by atoms with Crippen LogP contribution >= 0.6 is 0 Å². The van der Waals surface area contributed by atoms with Gasteiger partial charge in [-0.25, -0.2) is 0 Å². The van der Waals surface area contributed by atoms with Gasteiger partial charge in [-0.15, -0.1) is 0 Å². The van der Waals surface area contributed by atoms with Crippen molar-refractivity contribution in [1.29, 1.82) is 0 Å². The summed E-state index contributed by atoms with van der Waals surface area (Å²) in [4.78, 5) is 10.7. The summed E-state index contributed by atoms with van der Waals surface area (Å²) in [6, 6.07) is 7.98. The third kappa shape index (κ3) is 1.46. The van der Waals surface area contributed by atoms with Crippen molar-refractivity contribution in [2.75, 3.05) is 0 Å². The molecule has 2 heteroatoms. The summed E-state index contributed by atoms with van der Waals surface area (Å²) in [5.41, 5.74) is 3.64. The monoisotopic (exact) mass is 186 g/mol. The number of benzene rings is 1. The highest BCUT2D eigenvalue weighted by atomic mass is 16.3. The van der Waals surface area contributed by atoms with Gasteiger partial charge >= 0.3 is 0 Å². The third-order valence-corrected chi connectivity index (χ3v) is 2.18. The maximum atomic E-state index is 10.7. The second kappa shape index (κ2) is 3.50. The number of hydrogen-bond donors (Lipinski definition) is 0. The fourth-order valence-corrected chi connectivity index (χ4v) is 1.37. The Hall–Kier alpha value is -1.83. The van der Waals surface area contributed by atoms with E-state index in [1.54, 1.807) is 6.26 Å². The maximum Gasteiger partial charge on any atom is 0.153 e. The summed E-state index contributed by atoms with van der Waals surface area (Å²) < 4.78 is 4.99. The minimum atomic E-state index is 0.592. The van der Waals surface area contributed by atoms with Crippen LogP contribution in [0.3, 0.4) is 0 Å². The molecule has 0 atom stereocenters. The smallest absolute Gasteiger partial charge is 0.153 e. The lowest BCUT2D eigenvalue weighted by Crippen LogP contribution is -1.81. The van der Waals surface area contributed by atoms with E-state index in [0.29, 0.717) is 5.56 Å². The molecule has 0 fully saturated rings. The number of rotatable bonds is 2. The molecule has 70 valence electrons. The van der Waals surface area contributed by atoms with Gasteiger partial charge in [-0.3, -0.25) is 4.79 Å². The van der Waals surface area contributed by atoms with E-state index in [-0.39, 0.29) is 0 Å². The molecule has 0 aliphatic carbocycles. The van der Waals surface area contributed by atoms with Crippen LogP contribution in [0.25, 0.3) is 11.1 Å². The van der Waals surface area contributed by atoms with Gasteiger partial charge in [0.2, 0.25) is 0 Å². The third-order valence-electron chi connectivity index (χ3n) is 2.18. The molecule has 0 spiro atoms. The van der Waals surface area contributed by atoms with Gasteiger partial charge in [-0.1, -0.05) is 29.8 Å². The lowest BCUT2D eigenvalue weighted by Gasteiger charge is -1.98. The van der Waals surface area contributed by atoms with E-state index in [4.69, 9.17) is 4.42 Å². The predicted octanol–water partition coefficient (Wildman–Crippen LogP) is 3.07. The average molecular weight is 186 g/mol. The number of hydrogen-bond acceptors (Lipinski definition) is 2. The molecule has 1 aromatic heterocycles. The Balaban J connectivity index is 2.49. The first-order valence-corrected chi connectivity index (χ1v) is 4.39. The average Bonchev–Trinajstić information content (AvgIpc) is 2.67. The van der Waals surface area contributed by atoms with Gasteiger partial charge < -0.3 is 4.42 Å². The lowest BCUT2D eigenvalue weighted by atomic mass is 10.0. The standard InChI is InChI=1S/C12H10O2/c1-9-2-4-10(5-3-9)12-8-14-7-11(12)6-13/h2-8H,1H3. The van der Waals surface area contributed by atoms with E-state index >= 15 is 0 Å². The zero-order valence-electron chi connectivity index (χ0n) is 7.86. The molecule has 0 bridgehead atoms. The summed E-state index contributed by atoms with van der Waals surface area (Å²) >= 11 is 0. The minimum Gasteiger partial charge on any atom is -0.471 e. The van der Waals surface area contributed by atoms with E-state index in [1.807, 2.05) is 31.2 Å². The summed E-state index contributed by atoms with van der Waals surface area (Å²) in [5, 5.41) is 0. The van der Waals surface area contributed by atoms with Crippen LogP contribution in [0.5, 0.6) is 0 Å².